The van der Waals surface area contributed by atoms with Gasteiger partial charge in [-0.15, -0.1) is 0 Å². The normalized spacial score (nSPS) is 20.6. The molecule has 3 rings (SSSR count). The first-order valence-electron chi connectivity index (χ1n) is 7.76. The van der Waals surface area contributed by atoms with Gasteiger partial charge in [-0.3, -0.25) is 9.69 Å². The molecule has 0 atom stereocenters. The Bertz CT molecular complexity index is 730. The van der Waals surface area contributed by atoms with E-state index in [-0.39, 0.29) is 12.5 Å². The molecule has 0 saturated carbocycles. The molecule has 0 bridgehead atoms. The predicted molar refractivity (Wildman–Crippen MR) is 105 cm³/mol. The third kappa shape index (κ3) is 3.39. The number of thioether (sulfide) groups is 2. The second kappa shape index (κ2) is 7.74. The third-order valence-corrected chi connectivity index (χ3v) is 6.19. The monoisotopic (exact) mass is 378 g/mol. The van der Waals surface area contributed by atoms with Gasteiger partial charge in [-0.25, -0.2) is 0 Å². The van der Waals surface area contributed by atoms with E-state index in [0.29, 0.717) is 22.3 Å². The van der Waals surface area contributed by atoms with E-state index in [2.05, 4.69) is 11.0 Å². The molecule has 2 aliphatic heterocycles. The van der Waals surface area contributed by atoms with Gasteiger partial charge in [0.15, 0.2) is 0 Å². The zero-order chi connectivity index (χ0) is 17.1. The van der Waals surface area contributed by atoms with Crippen LogP contribution in [-0.4, -0.2) is 39.9 Å². The Morgan fingerprint density at radius 3 is 2.71 bits per heavy atom. The van der Waals surface area contributed by atoms with E-state index in [4.69, 9.17) is 12.2 Å². The van der Waals surface area contributed by atoms with Gasteiger partial charge in [-0.1, -0.05) is 54.8 Å². The quantitative estimate of drug-likeness (QED) is 0.624. The molecule has 2 aliphatic rings. The summed E-state index contributed by atoms with van der Waals surface area (Å²) in [6.45, 7) is 3.30. The predicted octanol–water partition coefficient (Wildman–Crippen LogP) is 3.59. The van der Waals surface area contributed by atoms with Crippen molar-refractivity contribution in [3.05, 3.63) is 46.4 Å². The molecule has 0 aliphatic carbocycles. The van der Waals surface area contributed by atoms with Crippen molar-refractivity contribution in [1.29, 1.82) is 0 Å². The highest BCUT2D eigenvalue weighted by molar-refractivity contribution is 8.26. The second-order valence-corrected chi connectivity index (χ2v) is 8.04. The highest BCUT2D eigenvalue weighted by Gasteiger charge is 2.31. The Hall–Kier alpha value is -1.28. The van der Waals surface area contributed by atoms with Crippen molar-refractivity contribution in [3.8, 4) is 0 Å². The molecule has 7 heteroatoms. The van der Waals surface area contributed by atoms with E-state index < -0.39 is 0 Å². The van der Waals surface area contributed by atoms with E-state index in [1.807, 2.05) is 37.3 Å². The van der Waals surface area contributed by atoms with Crippen LogP contribution >= 0.6 is 35.7 Å². The summed E-state index contributed by atoms with van der Waals surface area (Å²) in [6.07, 6.45) is 4.67. The summed E-state index contributed by atoms with van der Waals surface area (Å²) >= 11 is 8.28. The summed E-state index contributed by atoms with van der Waals surface area (Å²) in [7, 11) is 0. The zero-order valence-electron chi connectivity index (χ0n) is 13.3. The van der Waals surface area contributed by atoms with Crippen LogP contribution in [-0.2, 0) is 4.79 Å². The van der Waals surface area contributed by atoms with Gasteiger partial charge in [0.2, 0.25) is 0 Å². The molecule has 1 saturated heterocycles. The molecule has 126 valence electrons. The zero-order valence-corrected chi connectivity index (χ0v) is 15.7. The van der Waals surface area contributed by atoms with Crippen molar-refractivity contribution in [1.82, 2.24) is 4.90 Å². The second-order valence-electron chi connectivity index (χ2n) is 5.31. The molecule has 0 aromatic heterocycles. The van der Waals surface area contributed by atoms with Gasteiger partial charge in [0.25, 0.3) is 5.91 Å². The fourth-order valence-electron chi connectivity index (χ4n) is 2.59. The van der Waals surface area contributed by atoms with Crippen LogP contribution in [0.4, 0.5) is 5.69 Å². The molecule has 1 fully saturated rings. The number of allylic oxidation sites excluding steroid dienone is 2. The first-order chi connectivity index (χ1) is 11.7. The maximum absolute atomic E-state index is 12.4. The molecular formula is C17H18N2O2S3. The summed E-state index contributed by atoms with van der Waals surface area (Å²) in [4.78, 5) is 17.9. The number of hydrogen-bond donors (Lipinski definition) is 1. The van der Waals surface area contributed by atoms with E-state index in [0.717, 1.165) is 22.0 Å². The van der Waals surface area contributed by atoms with Gasteiger partial charge in [0, 0.05) is 18.0 Å². The molecule has 2 heterocycles. The number of thiocarbonyl (C=S) groups is 1. The molecule has 4 nitrogen and oxygen atoms in total. The van der Waals surface area contributed by atoms with Crippen LogP contribution in [0.15, 0.2) is 51.2 Å². The van der Waals surface area contributed by atoms with Gasteiger partial charge >= 0.3 is 0 Å². The van der Waals surface area contributed by atoms with Crippen LogP contribution in [0.25, 0.3) is 0 Å². The lowest BCUT2D eigenvalue weighted by molar-refractivity contribution is -0.122. The number of hydrogen-bond acceptors (Lipinski definition) is 6. The Morgan fingerprint density at radius 1 is 1.17 bits per heavy atom. The van der Waals surface area contributed by atoms with Crippen LogP contribution in [0, 0.1) is 0 Å². The van der Waals surface area contributed by atoms with Crippen LogP contribution in [0.2, 0.25) is 0 Å². The van der Waals surface area contributed by atoms with E-state index in [1.165, 1.54) is 11.8 Å². The maximum atomic E-state index is 12.4. The Kier molecular flexibility index (Phi) is 5.65. The molecule has 0 unspecified atom stereocenters. The number of rotatable bonds is 5. The standard InChI is InChI=1S/C17H18N2O2S3/c1-2-9-19-16(21)14(24-17(19)22)7-8-15-18(10-11-20)12-5-3-4-6-13(12)23-15/h3-8,20H,2,9-11H2,1H3/b14-7-,15-8+. The van der Waals surface area contributed by atoms with Crippen molar-refractivity contribution in [2.75, 3.05) is 24.6 Å². The van der Waals surface area contributed by atoms with Crippen LogP contribution in [0.5, 0.6) is 0 Å². The Balaban J connectivity index is 1.84. The van der Waals surface area contributed by atoms with E-state index >= 15 is 0 Å². The minimum absolute atomic E-state index is 0.0158. The number of carbonyl (C=O) groups is 1. The summed E-state index contributed by atoms with van der Waals surface area (Å²) < 4.78 is 0.626. The summed E-state index contributed by atoms with van der Waals surface area (Å²) in [6, 6.07) is 8.09. The number of benzene rings is 1. The first kappa shape index (κ1) is 17.5. The van der Waals surface area contributed by atoms with Crippen LogP contribution < -0.4 is 4.90 Å². The number of anilines is 1. The van der Waals surface area contributed by atoms with Crippen LogP contribution in [0.3, 0.4) is 0 Å². The minimum Gasteiger partial charge on any atom is -0.395 e. The van der Waals surface area contributed by atoms with Crippen molar-refractivity contribution in [3.63, 3.8) is 0 Å². The van der Waals surface area contributed by atoms with Gasteiger partial charge in [0.05, 0.1) is 22.2 Å². The SMILES string of the molecule is CCCN1C(=O)/C(=C/C=C2/Sc3ccccc3N2CCO)SC1=S. The molecule has 1 aromatic rings. The first-order valence-corrected chi connectivity index (χ1v) is 9.80. The number of aliphatic hydroxyl groups is 1. The smallest absolute Gasteiger partial charge is 0.266 e. The molecule has 0 spiro atoms. The maximum Gasteiger partial charge on any atom is 0.266 e. The summed E-state index contributed by atoms with van der Waals surface area (Å²) in [5.41, 5.74) is 1.09. The Labute approximate surface area is 155 Å². The Morgan fingerprint density at radius 2 is 1.96 bits per heavy atom. The topological polar surface area (TPSA) is 43.8 Å². The number of fused-ring (bicyclic) bond motifs is 1. The molecule has 1 amide bonds. The highest BCUT2D eigenvalue weighted by Crippen LogP contribution is 2.45. The van der Waals surface area contributed by atoms with Crippen molar-refractivity contribution in [2.24, 2.45) is 0 Å². The number of para-hydroxylation sites is 1. The van der Waals surface area contributed by atoms with E-state index in [9.17, 15) is 9.90 Å². The third-order valence-electron chi connectivity index (χ3n) is 3.66. The lowest BCUT2D eigenvalue weighted by Crippen LogP contribution is -2.28. The largest absolute Gasteiger partial charge is 0.395 e. The average Bonchev–Trinajstić information content (AvgIpc) is 3.06. The van der Waals surface area contributed by atoms with Gasteiger partial charge in [-0.05, 0) is 30.7 Å². The molecule has 1 aromatic carbocycles. The van der Waals surface area contributed by atoms with Crippen LogP contribution in [0.1, 0.15) is 13.3 Å². The fraction of sp³-hybridized carbons (Fsp3) is 0.294. The molecular weight excluding hydrogens is 360 g/mol. The summed E-state index contributed by atoms with van der Waals surface area (Å²) in [5.74, 6) is -0.0158. The van der Waals surface area contributed by atoms with Crippen molar-refractivity contribution >= 4 is 51.7 Å². The number of carbonyl (C=O) groups excluding carboxylic acids is 1. The van der Waals surface area contributed by atoms with Gasteiger partial charge in [-0.2, -0.15) is 0 Å². The molecule has 24 heavy (non-hydrogen) atoms. The number of aliphatic hydroxyl groups excluding tert-OH is 1. The average molecular weight is 379 g/mol. The number of amides is 1. The molecule has 0 radical (unpaired) electrons. The lowest BCUT2D eigenvalue weighted by atomic mass is 10.3. The lowest BCUT2D eigenvalue weighted by Gasteiger charge is -2.18. The minimum atomic E-state index is -0.0158. The van der Waals surface area contributed by atoms with Crippen molar-refractivity contribution < 1.29 is 9.90 Å². The summed E-state index contributed by atoms with van der Waals surface area (Å²) in [5, 5.41) is 10.4. The van der Waals surface area contributed by atoms with E-state index in [1.54, 1.807) is 16.7 Å². The van der Waals surface area contributed by atoms with Gasteiger partial charge < -0.3 is 10.0 Å². The highest BCUT2D eigenvalue weighted by atomic mass is 32.2. The molecule has 1 N–H and O–H groups in total. The van der Waals surface area contributed by atoms with Gasteiger partial charge in [0.1, 0.15) is 4.32 Å². The van der Waals surface area contributed by atoms with Crippen molar-refractivity contribution in [2.45, 2.75) is 18.2 Å². The number of β-amino-alcohol motifs (C(OH)–C–C–N with tert-alkyl or cyclic N) is 1. The number of nitrogens with zero attached hydrogens (tertiary/aromatic N) is 2. The fourth-order valence-corrected chi connectivity index (χ4v) is 4.93.